The molecule has 0 aromatic heterocycles. The van der Waals surface area contributed by atoms with Gasteiger partial charge < -0.3 is 10.0 Å². The lowest BCUT2D eigenvalue weighted by atomic mass is 10.2. The highest BCUT2D eigenvalue weighted by molar-refractivity contribution is 5.73. The molecular weight excluding hydrogens is 245 g/mol. The van der Waals surface area contributed by atoms with Gasteiger partial charge in [0.1, 0.15) is 12.4 Å². The number of carboxylic acid groups (broad SMARTS) is 1. The van der Waals surface area contributed by atoms with Crippen LogP contribution in [0.2, 0.25) is 0 Å². The summed E-state index contributed by atoms with van der Waals surface area (Å²) in [7, 11) is 0. The largest absolute Gasteiger partial charge is 0.480 e. The Kier molecular flexibility index (Phi) is 4.13. The average Bonchev–Trinajstić information content (AvgIpc) is 2.38. The number of benzene rings is 2. The SMILES string of the molecule is O=C(O)CN(Cc1cccc(F)c1)c1ccccc1. The molecule has 0 radical (unpaired) electrons. The van der Waals surface area contributed by atoms with Crippen LogP contribution in [0.4, 0.5) is 10.1 Å². The third kappa shape index (κ3) is 3.81. The van der Waals surface area contributed by atoms with E-state index in [-0.39, 0.29) is 12.4 Å². The average molecular weight is 259 g/mol. The summed E-state index contributed by atoms with van der Waals surface area (Å²) in [5, 5.41) is 8.96. The number of halogens is 1. The van der Waals surface area contributed by atoms with E-state index >= 15 is 0 Å². The molecule has 0 spiro atoms. The molecule has 4 heteroatoms. The fourth-order valence-electron chi connectivity index (χ4n) is 1.90. The molecule has 0 fully saturated rings. The van der Waals surface area contributed by atoms with Crippen molar-refractivity contribution in [3.63, 3.8) is 0 Å². The van der Waals surface area contributed by atoms with Gasteiger partial charge >= 0.3 is 5.97 Å². The van der Waals surface area contributed by atoms with Crippen molar-refractivity contribution in [3.05, 3.63) is 66.0 Å². The van der Waals surface area contributed by atoms with Crippen molar-refractivity contribution in [2.45, 2.75) is 6.54 Å². The molecule has 2 rings (SSSR count). The van der Waals surface area contributed by atoms with Gasteiger partial charge in [0, 0.05) is 12.2 Å². The van der Waals surface area contributed by atoms with Gasteiger partial charge in [-0.1, -0.05) is 30.3 Å². The Balaban J connectivity index is 2.21. The lowest BCUT2D eigenvalue weighted by Gasteiger charge is -2.23. The van der Waals surface area contributed by atoms with Crippen molar-refractivity contribution in [2.24, 2.45) is 0 Å². The van der Waals surface area contributed by atoms with Gasteiger partial charge in [-0.25, -0.2) is 4.39 Å². The van der Waals surface area contributed by atoms with Crippen molar-refractivity contribution >= 4 is 11.7 Å². The van der Waals surface area contributed by atoms with E-state index in [0.717, 1.165) is 11.3 Å². The number of carboxylic acids is 1. The highest BCUT2D eigenvalue weighted by Crippen LogP contribution is 2.17. The molecule has 0 saturated carbocycles. The zero-order chi connectivity index (χ0) is 13.7. The van der Waals surface area contributed by atoms with Crippen LogP contribution in [0.25, 0.3) is 0 Å². The van der Waals surface area contributed by atoms with Crippen molar-refractivity contribution in [3.8, 4) is 0 Å². The molecule has 0 aliphatic heterocycles. The minimum Gasteiger partial charge on any atom is -0.480 e. The molecule has 0 unspecified atom stereocenters. The highest BCUT2D eigenvalue weighted by atomic mass is 19.1. The number of anilines is 1. The van der Waals surface area contributed by atoms with E-state index in [1.54, 1.807) is 17.0 Å². The molecular formula is C15H14FNO2. The molecule has 0 amide bonds. The summed E-state index contributed by atoms with van der Waals surface area (Å²) in [6.45, 7) is 0.231. The molecule has 0 heterocycles. The van der Waals surface area contributed by atoms with Gasteiger partial charge in [0.2, 0.25) is 0 Å². The van der Waals surface area contributed by atoms with Gasteiger partial charge in [0.15, 0.2) is 0 Å². The predicted molar refractivity (Wildman–Crippen MR) is 71.5 cm³/mol. The van der Waals surface area contributed by atoms with Crippen LogP contribution in [-0.2, 0) is 11.3 Å². The van der Waals surface area contributed by atoms with Gasteiger partial charge in [-0.2, -0.15) is 0 Å². The Morgan fingerprint density at radius 3 is 2.47 bits per heavy atom. The zero-order valence-corrected chi connectivity index (χ0v) is 10.3. The topological polar surface area (TPSA) is 40.5 Å². The first-order valence-corrected chi connectivity index (χ1v) is 5.91. The number of aliphatic carboxylic acids is 1. The quantitative estimate of drug-likeness (QED) is 0.897. The van der Waals surface area contributed by atoms with Gasteiger partial charge in [-0.05, 0) is 29.8 Å². The van der Waals surface area contributed by atoms with E-state index in [9.17, 15) is 9.18 Å². The lowest BCUT2D eigenvalue weighted by molar-refractivity contribution is -0.135. The molecule has 3 nitrogen and oxygen atoms in total. The van der Waals surface area contributed by atoms with E-state index in [4.69, 9.17) is 5.11 Å². The van der Waals surface area contributed by atoms with Crippen LogP contribution in [0.5, 0.6) is 0 Å². The van der Waals surface area contributed by atoms with E-state index in [2.05, 4.69) is 0 Å². The Morgan fingerprint density at radius 2 is 1.84 bits per heavy atom. The maximum Gasteiger partial charge on any atom is 0.323 e. The van der Waals surface area contributed by atoms with Crippen LogP contribution in [0, 0.1) is 5.82 Å². The summed E-state index contributed by atoms with van der Waals surface area (Å²) >= 11 is 0. The first kappa shape index (κ1) is 13.1. The van der Waals surface area contributed by atoms with Gasteiger partial charge in [-0.15, -0.1) is 0 Å². The van der Waals surface area contributed by atoms with E-state index in [0.29, 0.717) is 6.54 Å². The summed E-state index contributed by atoms with van der Waals surface area (Å²) < 4.78 is 13.1. The van der Waals surface area contributed by atoms with Crippen molar-refractivity contribution < 1.29 is 14.3 Å². The molecule has 2 aromatic rings. The smallest absolute Gasteiger partial charge is 0.323 e. The maximum absolute atomic E-state index is 13.1. The van der Waals surface area contributed by atoms with Gasteiger partial charge in [0.25, 0.3) is 0 Å². The number of para-hydroxylation sites is 1. The second kappa shape index (κ2) is 6.00. The molecule has 0 aliphatic carbocycles. The number of rotatable bonds is 5. The summed E-state index contributed by atoms with van der Waals surface area (Å²) in [5.74, 6) is -1.24. The number of carbonyl (C=O) groups is 1. The summed E-state index contributed by atoms with van der Waals surface area (Å²) in [5.41, 5.74) is 1.54. The summed E-state index contributed by atoms with van der Waals surface area (Å²) in [6, 6.07) is 15.4. The van der Waals surface area contributed by atoms with Crippen LogP contribution in [0.1, 0.15) is 5.56 Å². The van der Waals surface area contributed by atoms with Gasteiger partial charge in [0.05, 0.1) is 0 Å². The van der Waals surface area contributed by atoms with Gasteiger partial charge in [-0.3, -0.25) is 4.79 Å². The number of hydrogen-bond acceptors (Lipinski definition) is 2. The molecule has 19 heavy (non-hydrogen) atoms. The molecule has 2 aromatic carbocycles. The predicted octanol–water partition coefficient (Wildman–Crippen LogP) is 2.92. The van der Waals surface area contributed by atoms with Crippen molar-refractivity contribution in [2.75, 3.05) is 11.4 Å². The monoisotopic (exact) mass is 259 g/mol. The Bertz CT molecular complexity index is 557. The third-order valence-electron chi connectivity index (χ3n) is 2.71. The normalized spacial score (nSPS) is 10.2. The second-order valence-electron chi connectivity index (χ2n) is 4.22. The first-order valence-electron chi connectivity index (χ1n) is 5.91. The lowest BCUT2D eigenvalue weighted by Crippen LogP contribution is -2.29. The Morgan fingerprint density at radius 1 is 1.11 bits per heavy atom. The molecule has 1 N–H and O–H groups in total. The van der Waals surface area contributed by atoms with Crippen LogP contribution in [0.3, 0.4) is 0 Å². The third-order valence-corrected chi connectivity index (χ3v) is 2.71. The minimum absolute atomic E-state index is 0.124. The van der Waals surface area contributed by atoms with E-state index < -0.39 is 5.97 Å². The number of hydrogen-bond donors (Lipinski definition) is 1. The number of nitrogens with zero attached hydrogens (tertiary/aromatic N) is 1. The van der Waals surface area contributed by atoms with Crippen LogP contribution >= 0.6 is 0 Å². The molecule has 98 valence electrons. The van der Waals surface area contributed by atoms with Crippen molar-refractivity contribution in [1.82, 2.24) is 0 Å². The molecule has 0 saturated heterocycles. The van der Waals surface area contributed by atoms with Crippen LogP contribution < -0.4 is 4.90 Å². The van der Waals surface area contributed by atoms with Crippen LogP contribution in [-0.4, -0.2) is 17.6 Å². The summed E-state index contributed by atoms with van der Waals surface area (Å²) in [4.78, 5) is 12.6. The first-order chi connectivity index (χ1) is 9.15. The fraction of sp³-hybridized carbons (Fsp3) is 0.133. The Hall–Kier alpha value is -2.36. The van der Waals surface area contributed by atoms with Crippen LogP contribution in [0.15, 0.2) is 54.6 Å². The van der Waals surface area contributed by atoms with Crippen molar-refractivity contribution in [1.29, 1.82) is 0 Å². The highest BCUT2D eigenvalue weighted by Gasteiger charge is 2.11. The molecule has 0 atom stereocenters. The summed E-state index contributed by atoms with van der Waals surface area (Å²) in [6.07, 6.45) is 0. The fourth-order valence-corrected chi connectivity index (χ4v) is 1.90. The molecule has 0 aliphatic rings. The minimum atomic E-state index is -0.916. The second-order valence-corrected chi connectivity index (χ2v) is 4.22. The molecule has 0 bridgehead atoms. The van der Waals surface area contributed by atoms with E-state index in [1.165, 1.54) is 12.1 Å². The zero-order valence-electron chi connectivity index (χ0n) is 10.3. The standard InChI is InChI=1S/C15H14FNO2/c16-13-6-4-5-12(9-13)10-17(11-15(18)19)14-7-2-1-3-8-14/h1-9H,10-11H2,(H,18,19). The van der Waals surface area contributed by atoms with E-state index in [1.807, 2.05) is 30.3 Å². The maximum atomic E-state index is 13.1. The Labute approximate surface area is 110 Å².